The van der Waals surface area contributed by atoms with Crippen LogP contribution in [0.25, 0.3) is 11.5 Å². The molecule has 0 aliphatic heterocycles. The Bertz CT molecular complexity index is 936. The Labute approximate surface area is 147 Å². The van der Waals surface area contributed by atoms with Gasteiger partial charge in [0.15, 0.2) is 6.61 Å². The molecule has 2 aromatic carbocycles. The van der Waals surface area contributed by atoms with Gasteiger partial charge in [0.2, 0.25) is 5.89 Å². The summed E-state index contributed by atoms with van der Waals surface area (Å²) in [7, 11) is 1.46. The van der Waals surface area contributed by atoms with Gasteiger partial charge in [0.1, 0.15) is 11.3 Å². The van der Waals surface area contributed by atoms with Crippen molar-refractivity contribution in [3.8, 4) is 17.2 Å². The normalized spacial score (nSPS) is 10.3. The van der Waals surface area contributed by atoms with Crippen LogP contribution < -0.4 is 4.74 Å². The molecular weight excluding hydrogens is 342 g/mol. The first-order chi connectivity index (χ1) is 12.6. The van der Waals surface area contributed by atoms with Gasteiger partial charge in [-0.15, -0.1) is 10.2 Å². The molecule has 0 radical (unpaired) electrons. The van der Waals surface area contributed by atoms with Crippen molar-refractivity contribution in [2.45, 2.75) is 6.61 Å². The molecule has 0 spiro atoms. The third-order valence-electron chi connectivity index (χ3n) is 3.45. The fraction of sp³-hybridized carbons (Fsp3) is 0.118. The minimum atomic E-state index is -0.586. The van der Waals surface area contributed by atoms with Crippen molar-refractivity contribution in [2.24, 2.45) is 0 Å². The second-order valence-electron chi connectivity index (χ2n) is 5.08. The van der Waals surface area contributed by atoms with Gasteiger partial charge in [-0.3, -0.25) is 10.1 Å². The summed E-state index contributed by atoms with van der Waals surface area (Å²) in [6.07, 6.45) is 0. The first kappa shape index (κ1) is 17.1. The van der Waals surface area contributed by atoms with Gasteiger partial charge in [0, 0.05) is 17.7 Å². The van der Waals surface area contributed by atoms with Crippen molar-refractivity contribution in [1.82, 2.24) is 10.2 Å². The Hall–Kier alpha value is -3.75. The van der Waals surface area contributed by atoms with Crippen molar-refractivity contribution in [2.75, 3.05) is 7.11 Å². The standard InChI is InChI=1S/C17H13N3O6/c1-24-14-5-3-2-4-13(14)17(21)25-10-15-18-19-16(26-15)11-6-8-12(9-7-11)20(22)23/h2-9H,10H2,1H3. The van der Waals surface area contributed by atoms with Crippen LogP contribution in [0.1, 0.15) is 16.2 Å². The molecule has 9 nitrogen and oxygen atoms in total. The van der Waals surface area contributed by atoms with Crippen LogP contribution in [0.2, 0.25) is 0 Å². The van der Waals surface area contributed by atoms with E-state index in [0.29, 0.717) is 11.3 Å². The number of rotatable bonds is 6. The third kappa shape index (κ3) is 3.66. The van der Waals surface area contributed by atoms with Gasteiger partial charge in [-0.25, -0.2) is 4.79 Å². The molecule has 0 saturated heterocycles. The molecule has 0 aliphatic rings. The average molecular weight is 355 g/mol. The number of carbonyl (C=O) groups excluding carboxylic acids is 1. The van der Waals surface area contributed by atoms with Crippen LogP contribution in [0.5, 0.6) is 5.75 Å². The van der Waals surface area contributed by atoms with Gasteiger partial charge in [0.05, 0.1) is 12.0 Å². The topological polar surface area (TPSA) is 118 Å². The number of hydrogen-bond donors (Lipinski definition) is 0. The van der Waals surface area contributed by atoms with Crippen molar-refractivity contribution in [3.05, 3.63) is 70.1 Å². The van der Waals surface area contributed by atoms with Crippen LogP contribution in [0.15, 0.2) is 52.9 Å². The summed E-state index contributed by atoms with van der Waals surface area (Å²) in [6, 6.07) is 12.3. The highest BCUT2D eigenvalue weighted by atomic mass is 16.6. The number of nitro benzene ring substituents is 1. The van der Waals surface area contributed by atoms with E-state index in [1.807, 2.05) is 0 Å². The first-order valence-corrected chi connectivity index (χ1v) is 7.46. The van der Waals surface area contributed by atoms with E-state index in [-0.39, 0.29) is 29.6 Å². The molecular formula is C17H13N3O6. The van der Waals surface area contributed by atoms with Gasteiger partial charge in [0.25, 0.3) is 11.6 Å². The fourth-order valence-corrected chi connectivity index (χ4v) is 2.17. The van der Waals surface area contributed by atoms with E-state index in [9.17, 15) is 14.9 Å². The van der Waals surface area contributed by atoms with Crippen LogP contribution >= 0.6 is 0 Å². The molecule has 1 heterocycles. The molecule has 0 N–H and O–H groups in total. The quantitative estimate of drug-likeness (QED) is 0.376. The number of aromatic nitrogens is 2. The number of nitro groups is 1. The van der Waals surface area contributed by atoms with Gasteiger partial charge in [-0.2, -0.15) is 0 Å². The number of ether oxygens (including phenoxy) is 2. The number of carbonyl (C=O) groups is 1. The summed E-state index contributed by atoms with van der Waals surface area (Å²) in [5.74, 6) is 0.0805. The molecule has 3 aromatic rings. The lowest BCUT2D eigenvalue weighted by Crippen LogP contribution is -2.07. The molecule has 0 fully saturated rings. The smallest absolute Gasteiger partial charge is 0.342 e. The predicted octanol–water partition coefficient (Wildman–Crippen LogP) is 3.01. The maximum atomic E-state index is 12.1. The van der Waals surface area contributed by atoms with E-state index in [2.05, 4.69) is 10.2 Å². The second kappa shape index (κ2) is 7.43. The third-order valence-corrected chi connectivity index (χ3v) is 3.45. The highest BCUT2D eigenvalue weighted by Gasteiger charge is 2.16. The summed E-state index contributed by atoms with van der Waals surface area (Å²) in [5.41, 5.74) is 0.759. The van der Waals surface area contributed by atoms with Crippen LogP contribution in [0, 0.1) is 10.1 Å². The Balaban J connectivity index is 1.67. The molecule has 0 aliphatic carbocycles. The molecule has 0 bridgehead atoms. The molecule has 0 atom stereocenters. The van der Waals surface area contributed by atoms with E-state index in [1.165, 1.54) is 31.4 Å². The van der Waals surface area contributed by atoms with Crippen LogP contribution in [0.3, 0.4) is 0 Å². The van der Waals surface area contributed by atoms with Gasteiger partial charge in [-0.05, 0) is 24.3 Å². The fourth-order valence-electron chi connectivity index (χ4n) is 2.17. The Morgan fingerprint density at radius 1 is 1.15 bits per heavy atom. The summed E-state index contributed by atoms with van der Waals surface area (Å²) in [5, 5.41) is 18.3. The Kier molecular flexibility index (Phi) is 4.88. The monoisotopic (exact) mass is 355 g/mol. The Morgan fingerprint density at radius 3 is 2.58 bits per heavy atom. The zero-order chi connectivity index (χ0) is 18.5. The zero-order valence-electron chi connectivity index (χ0n) is 13.6. The van der Waals surface area contributed by atoms with E-state index in [4.69, 9.17) is 13.9 Å². The van der Waals surface area contributed by atoms with Crippen molar-refractivity contribution < 1.29 is 23.6 Å². The molecule has 9 heteroatoms. The lowest BCUT2D eigenvalue weighted by molar-refractivity contribution is -0.384. The van der Waals surface area contributed by atoms with E-state index >= 15 is 0 Å². The number of nitrogens with zero attached hydrogens (tertiary/aromatic N) is 3. The SMILES string of the molecule is COc1ccccc1C(=O)OCc1nnc(-c2ccc([N+](=O)[O-])cc2)o1. The molecule has 1 aromatic heterocycles. The van der Waals surface area contributed by atoms with Crippen molar-refractivity contribution in [3.63, 3.8) is 0 Å². The lowest BCUT2D eigenvalue weighted by Gasteiger charge is -2.06. The number of hydrogen-bond acceptors (Lipinski definition) is 8. The van der Waals surface area contributed by atoms with Crippen LogP contribution in [0.4, 0.5) is 5.69 Å². The second-order valence-corrected chi connectivity index (χ2v) is 5.08. The molecule has 132 valence electrons. The maximum Gasteiger partial charge on any atom is 0.342 e. The minimum absolute atomic E-state index is 0.0424. The molecule has 3 rings (SSSR count). The van der Waals surface area contributed by atoms with E-state index in [1.54, 1.807) is 24.3 Å². The van der Waals surface area contributed by atoms with Gasteiger partial charge in [-0.1, -0.05) is 12.1 Å². The summed E-state index contributed by atoms with van der Waals surface area (Å²) in [6.45, 7) is -0.211. The zero-order valence-corrected chi connectivity index (χ0v) is 13.6. The average Bonchev–Trinajstić information content (AvgIpc) is 3.15. The van der Waals surface area contributed by atoms with E-state index in [0.717, 1.165) is 0 Å². The number of non-ortho nitro benzene ring substituents is 1. The molecule has 0 amide bonds. The number of methoxy groups -OCH3 is 1. The number of benzene rings is 2. The lowest BCUT2D eigenvalue weighted by atomic mass is 10.2. The summed E-state index contributed by atoms with van der Waals surface area (Å²) in [4.78, 5) is 22.3. The van der Waals surface area contributed by atoms with Gasteiger partial charge < -0.3 is 13.9 Å². The Morgan fingerprint density at radius 2 is 1.88 bits per heavy atom. The van der Waals surface area contributed by atoms with Crippen LogP contribution in [-0.4, -0.2) is 28.2 Å². The first-order valence-electron chi connectivity index (χ1n) is 7.46. The predicted molar refractivity (Wildman–Crippen MR) is 88.5 cm³/mol. The largest absolute Gasteiger partial charge is 0.496 e. The number of para-hydroxylation sites is 1. The van der Waals surface area contributed by atoms with Gasteiger partial charge >= 0.3 is 5.97 Å². The van der Waals surface area contributed by atoms with Crippen molar-refractivity contribution in [1.29, 1.82) is 0 Å². The molecule has 0 unspecified atom stereocenters. The van der Waals surface area contributed by atoms with Crippen LogP contribution in [-0.2, 0) is 11.3 Å². The van der Waals surface area contributed by atoms with E-state index < -0.39 is 10.9 Å². The highest BCUT2D eigenvalue weighted by molar-refractivity contribution is 5.92. The minimum Gasteiger partial charge on any atom is -0.496 e. The van der Waals surface area contributed by atoms with Crippen molar-refractivity contribution >= 4 is 11.7 Å². The number of esters is 1. The molecule has 0 saturated carbocycles. The maximum absolute atomic E-state index is 12.1. The molecule has 26 heavy (non-hydrogen) atoms. The summed E-state index contributed by atoms with van der Waals surface area (Å²) >= 11 is 0. The highest BCUT2D eigenvalue weighted by Crippen LogP contribution is 2.22. The summed E-state index contributed by atoms with van der Waals surface area (Å²) < 4.78 is 15.7.